The summed E-state index contributed by atoms with van der Waals surface area (Å²) in [6, 6.07) is 7.97. The minimum absolute atomic E-state index is 0.670. The number of aromatic nitrogens is 4. The van der Waals surface area contributed by atoms with Crippen molar-refractivity contribution in [2.45, 2.75) is 12.8 Å². The fourth-order valence-corrected chi connectivity index (χ4v) is 2.17. The number of nitrogens with zero attached hydrogens (tertiary/aromatic N) is 3. The molecule has 20 heavy (non-hydrogen) atoms. The molecule has 0 amide bonds. The summed E-state index contributed by atoms with van der Waals surface area (Å²) >= 11 is 0. The Morgan fingerprint density at radius 2 is 2.10 bits per heavy atom. The summed E-state index contributed by atoms with van der Waals surface area (Å²) in [5, 5.41) is 11.1. The predicted octanol–water partition coefficient (Wildman–Crippen LogP) is 1.98. The van der Waals surface area contributed by atoms with E-state index < -0.39 is 0 Å². The molecule has 2 heterocycles. The second-order valence-electron chi connectivity index (χ2n) is 4.57. The Labute approximate surface area is 116 Å². The van der Waals surface area contributed by atoms with Crippen molar-refractivity contribution < 1.29 is 0 Å². The molecule has 0 aliphatic heterocycles. The average Bonchev–Trinajstić information content (AvgIpc) is 2.98. The Balaban J connectivity index is 1.69. The molecule has 0 unspecified atom stereocenters. The molecule has 0 fully saturated rings. The number of nitrogens with two attached hydrogens (primary N) is 1. The highest BCUT2D eigenvalue weighted by molar-refractivity contribution is 5.96. The summed E-state index contributed by atoms with van der Waals surface area (Å²) in [6.45, 7) is 0.818. The summed E-state index contributed by atoms with van der Waals surface area (Å²) < 4.78 is 0. The SMILES string of the molecule is Nc1cnc2ccccc2c1NCCCc1ncn[nH]1. The van der Waals surface area contributed by atoms with Gasteiger partial charge in [0.25, 0.3) is 0 Å². The second kappa shape index (κ2) is 5.56. The average molecular weight is 268 g/mol. The molecule has 2 aromatic heterocycles. The molecule has 0 aliphatic carbocycles. The first kappa shape index (κ1) is 12.4. The van der Waals surface area contributed by atoms with Crippen molar-refractivity contribution >= 4 is 22.3 Å². The van der Waals surface area contributed by atoms with Crippen LogP contribution in [0.2, 0.25) is 0 Å². The van der Waals surface area contributed by atoms with Gasteiger partial charge in [-0.2, -0.15) is 5.10 Å². The number of rotatable bonds is 5. The predicted molar refractivity (Wildman–Crippen MR) is 79.3 cm³/mol. The zero-order valence-corrected chi connectivity index (χ0v) is 11.0. The minimum atomic E-state index is 0.670. The van der Waals surface area contributed by atoms with Crippen LogP contribution in [0, 0.1) is 0 Å². The molecule has 0 spiro atoms. The molecule has 6 heteroatoms. The molecule has 6 nitrogen and oxygen atoms in total. The maximum atomic E-state index is 6.01. The number of nitrogens with one attached hydrogen (secondary N) is 2. The van der Waals surface area contributed by atoms with Gasteiger partial charge in [0.15, 0.2) is 0 Å². The molecule has 0 atom stereocenters. The Bertz CT molecular complexity index is 692. The standard InChI is InChI=1S/C14H16N6/c15-11-8-17-12-5-2-1-4-10(12)14(11)16-7-3-6-13-18-9-19-20-13/h1-2,4-5,8-9H,3,6-7,15H2,(H,16,17)(H,18,19,20). The van der Waals surface area contributed by atoms with Gasteiger partial charge in [0.2, 0.25) is 0 Å². The number of hydrogen-bond acceptors (Lipinski definition) is 5. The van der Waals surface area contributed by atoms with E-state index >= 15 is 0 Å². The van der Waals surface area contributed by atoms with Gasteiger partial charge in [0, 0.05) is 18.4 Å². The van der Waals surface area contributed by atoms with Gasteiger partial charge in [-0.1, -0.05) is 18.2 Å². The maximum Gasteiger partial charge on any atom is 0.137 e. The van der Waals surface area contributed by atoms with Crippen LogP contribution in [0.15, 0.2) is 36.8 Å². The van der Waals surface area contributed by atoms with Crippen LogP contribution >= 0.6 is 0 Å². The first-order chi connectivity index (χ1) is 9.84. The lowest BCUT2D eigenvalue weighted by molar-refractivity contribution is 0.806. The number of benzene rings is 1. The summed E-state index contributed by atoms with van der Waals surface area (Å²) in [5.41, 5.74) is 8.58. The van der Waals surface area contributed by atoms with Crippen molar-refractivity contribution in [3.8, 4) is 0 Å². The van der Waals surface area contributed by atoms with E-state index in [4.69, 9.17) is 5.73 Å². The number of aromatic amines is 1. The molecule has 3 rings (SSSR count). The van der Waals surface area contributed by atoms with Gasteiger partial charge in [0.05, 0.1) is 23.1 Å². The molecule has 0 aliphatic rings. The number of pyridine rings is 1. The number of fused-ring (bicyclic) bond motifs is 1. The van der Waals surface area contributed by atoms with Crippen LogP contribution in [0.5, 0.6) is 0 Å². The van der Waals surface area contributed by atoms with E-state index in [1.54, 1.807) is 6.20 Å². The molecule has 0 bridgehead atoms. The highest BCUT2D eigenvalue weighted by Gasteiger charge is 2.05. The van der Waals surface area contributed by atoms with Crippen molar-refractivity contribution in [1.29, 1.82) is 0 Å². The van der Waals surface area contributed by atoms with Gasteiger partial charge >= 0.3 is 0 Å². The van der Waals surface area contributed by atoms with Gasteiger partial charge in [0.1, 0.15) is 12.2 Å². The summed E-state index contributed by atoms with van der Waals surface area (Å²) in [6.07, 6.45) is 5.03. The van der Waals surface area contributed by atoms with E-state index in [-0.39, 0.29) is 0 Å². The molecule has 102 valence electrons. The number of H-pyrrole nitrogens is 1. The van der Waals surface area contributed by atoms with E-state index in [0.29, 0.717) is 5.69 Å². The van der Waals surface area contributed by atoms with Crippen molar-refractivity contribution in [3.63, 3.8) is 0 Å². The third kappa shape index (κ3) is 2.54. The third-order valence-corrected chi connectivity index (χ3v) is 3.16. The van der Waals surface area contributed by atoms with Gasteiger partial charge in [-0.3, -0.25) is 10.1 Å². The lowest BCUT2D eigenvalue weighted by atomic mass is 10.1. The number of para-hydroxylation sites is 1. The Kier molecular flexibility index (Phi) is 3.45. The van der Waals surface area contributed by atoms with Crippen molar-refractivity contribution in [2.75, 3.05) is 17.6 Å². The lowest BCUT2D eigenvalue weighted by Gasteiger charge is -2.11. The lowest BCUT2D eigenvalue weighted by Crippen LogP contribution is -2.07. The van der Waals surface area contributed by atoms with Gasteiger partial charge in [-0.05, 0) is 12.5 Å². The summed E-state index contributed by atoms with van der Waals surface area (Å²) in [4.78, 5) is 8.42. The first-order valence-corrected chi connectivity index (χ1v) is 6.56. The molecule has 4 N–H and O–H groups in total. The highest BCUT2D eigenvalue weighted by atomic mass is 15.2. The van der Waals surface area contributed by atoms with Crippen LogP contribution < -0.4 is 11.1 Å². The summed E-state index contributed by atoms with van der Waals surface area (Å²) in [5.74, 6) is 0.902. The molecular weight excluding hydrogens is 252 g/mol. The van der Waals surface area contributed by atoms with Crippen LogP contribution in [-0.2, 0) is 6.42 Å². The van der Waals surface area contributed by atoms with Crippen molar-refractivity contribution in [3.05, 3.63) is 42.6 Å². The first-order valence-electron chi connectivity index (χ1n) is 6.56. The zero-order valence-electron chi connectivity index (χ0n) is 11.0. The van der Waals surface area contributed by atoms with E-state index in [1.807, 2.05) is 24.3 Å². The van der Waals surface area contributed by atoms with Crippen LogP contribution in [0.25, 0.3) is 10.9 Å². The molecule has 0 saturated carbocycles. The van der Waals surface area contributed by atoms with E-state index in [1.165, 1.54) is 6.33 Å². The monoisotopic (exact) mass is 268 g/mol. The Morgan fingerprint density at radius 1 is 1.20 bits per heavy atom. The zero-order chi connectivity index (χ0) is 13.8. The van der Waals surface area contributed by atoms with Gasteiger partial charge in [-0.15, -0.1) is 0 Å². The van der Waals surface area contributed by atoms with Gasteiger partial charge in [-0.25, -0.2) is 4.98 Å². The van der Waals surface area contributed by atoms with Crippen LogP contribution in [0.4, 0.5) is 11.4 Å². The van der Waals surface area contributed by atoms with E-state index in [2.05, 4.69) is 25.5 Å². The fraction of sp³-hybridized carbons (Fsp3) is 0.214. The molecule has 1 aromatic carbocycles. The topological polar surface area (TPSA) is 92.5 Å². The van der Waals surface area contributed by atoms with E-state index in [0.717, 1.165) is 41.8 Å². The number of nitrogen functional groups attached to an aromatic ring is 1. The Morgan fingerprint density at radius 3 is 2.95 bits per heavy atom. The number of hydrogen-bond donors (Lipinski definition) is 3. The smallest absolute Gasteiger partial charge is 0.137 e. The Hall–Kier alpha value is -2.63. The van der Waals surface area contributed by atoms with Crippen LogP contribution in [-0.4, -0.2) is 26.7 Å². The number of anilines is 2. The largest absolute Gasteiger partial charge is 0.396 e. The third-order valence-electron chi connectivity index (χ3n) is 3.16. The second-order valence-corrected chi connectivity index (χ2v) is 4.57. The number of aryl methyl sites for hydroxylation is 1. The van der Waals surface area contributed by atoms with Crippen molar-refractivity contribution in [2.24, 2.45) is 0 Å². The normalized spacial score (nSPS) is 10.8. The molecule has 0 radical (unpaired) electrons. The highest BCUT2D eigenvalue weighted by Crippen LogP contribution is 2.27. The van der Waals surface area contributed by atoms with E-state index in [9.17, 15) is 0 Å². The van der Waals surface area contributed by atoms with Crippen LogP contribution in [0.1, 0.15) is 12.2 Å². The molecule has 3 aromatic rings. The fourth-order valence-electron chi connectivity index (χ4n) is 2.17. The maximum absolute atomic E-state index is 6.01. The van der Waals surface area contributed by atoms with Gasteiger partial charge < -0.3 is 11.1 Å². The van der Waals surface area contributed by atoms with Crippen LogP contribution in [0.3, 0.4) is 0 Å². The quantitative estimate of drug-likeness (QED) is 0.615. The molecule has 0 saturated heterocycles. The minimum Gasteiger partial charge on any atom is -0.396 e. The molecular formula is C14H16N6. The van der Waals surface area contributed by atoms with Crippen molar-refractivity contribution in [1.82, 2.24) is 20.2 Å². The summed E-state index contributed by atoms with van der Waals surface area (Å²) in [7, 11) is 0.